The minimum absolute atomic E-state index is 0.0200. The quantitative estimate of drug-likeness (QED) is 0.578. The summed E-state index contributed by atoms with van der Waals surface area (Å²) >= 11 is 0. The molecule has 2 aliphatic rings. The van der Waals surface area contributed by atoms with Crippen molar-refractivity contribution in [3.63, 3.8) is 0 Å². The van der Waals surface area contributed by atoms with Crippen molar-refractivity contribution in [3.05, 3.63) is 52.6 Å². The number of aliphatic imine (C=N–C) groups is 1. The van der Waals surface area contributed by atoms with Crippen LogP contribution in [0.4, 0.5) is 5.69 Å². The number of fused-ring (bicyclic) bond motifs is 1. The number of carbonyl (C=O) groups is 2. The second kappa shape index (κ2) is 8.65. The van der Waals surface area contributed by atoms with Gasteiger partial charge in [-0.25, -0.2) is 4.99 Å². The number of benzene rings is 1. The van der Waals surface area contributed by atoms with E-state index in [0.29, 0.717) is 72.7 Å². The molecule has 0 atom stereocenters. The molecule has 0 spiro atoms. The maximum absolute atomic E-state index is 12.6. The molecule has 1 fully saturated rings. The van der Waals surface area contributed by atoms with Gasteiger partial charge in [0.25, 0.3) is 0 Å². The summed E-state index contributed by atoms with van der Waals surface area (Å²) in [5.41, 5.74) is 2.55. The molecule has 1 aromatic carbocycles. The second-order valence-electron chi connectivity index (χ2n) is 7.53. The largest absolute Gasteiger partial charge is 0.511 e. The van der Waals surface area contributed by atoms with E-state index in [1.807, 2.05) is 18.2 Å². The second-order valence-corrected chi connectivity index (χ2v) is 7.53. The minimum atomic E-state index is -0.120. The Morgan fingerprint density at radius 2 is 1.90 bits per heavy atom. The van der Waals surface area contributed by atoms with Gasteiger partial charge < -0.3 is 14.4 Å². The average molecular weight is 408 g/mol. The number of hydrogen-bond acceptors (Lipinski definition) is 7. The predicted molar refractivity (Wildman–Crippen MR) is 111 cm³/mol. The van der Waals surface area contributed by atoms with Crippen LogP contribution in [0.3, 0.4) is 0 Å². The van der Waals surface area contributed by atoms with Crippen LogP contribution in [0.5, 0.6) is 5.75 Å². The molecule has 1 saturated carbocycles. The van der Waals surface area contributed by atoms with Gasteiger partial charge in [-0.3, -0.25) is 9.59 Å². The van der Waals surface area contributed by atoms with Gasteiger partial charge >= 0.3 is 0 Å². The van der Waals surface area contributed by atoms with E-state index in [2.05, 4.69) is 10.1 Å². The maximum atomic E-state index is 12.6. The number of hydrogen-bond donors (Lipinski definition) is 1. The fraction of sp³-hybridized carbons (Fsp3) is 0.391. The van der Waals surface area contributed by atoms with E-state index >= 15 is 0 Å². The Morgan fingerprint density at radius 1 is 1.13 bits per heavy atom. The van der Waals surface area contributed by atoms with Crippen LogP contribution < -0.4 is 4.74 Å². The summed E-state index contributed by atoms with van der Waals surface area (Å²) in [5.74, 6) is 1.13. The molecule has 7 nitrogen and oxygen atoms in total. The van der Waals surface area contributed by atoms with Crippen molar-refractivity contribution in [3.8, 4) is 5.75 Å². The first-order chi connectivity index (χ1) is 14.6. The molecular weight excluding hydrogens is 384 g/mol. The van der Waals surface area contributed by atoms with E-state index in [1.165, 1.54) is 0 Å². The highest BCUT2D eigenvalue weighted by Crippen LogP contribution is 2.31. The van der Waals surface area contributed by atoms with Gasteiger partial charge in [0.2, 0.25) is 0 Å². The lowest BCUT2D eigenvalue weighted by Crippen LogP contribution is -2.21. The third kappa shape index (κ3) is 3.92. The number of aliphatic hydroxyl groups is 1. The zero-order chi connectivity index (χ0) is 21.1. The van der Waals surface area contributed by atoms with Gasteiger partial charge in [0.15, 0.2) is 11.6 Å². The summed E-state index contributed by atoms with van der Waals surface area (Å²) in [6.45, 7) is 0. The van der Waals surface area contributed by atoms with Crippen LogP contribution in [0.1, 0.15) is 60.3 Å². The molecule has 1 heterocycles. The summed E-state index contributed by atoms with van der Waals surface area (Å²) in [7, 11) is 1.57. The Morgan fingerprint density at radius 3 is 2.73 bits per heavy atom. The number of aryl methyl sites for hydroxylation is 2. The van der Waals surface area contributed by atoms with Crippen LogP contribution in [0.2, 0.25) is 0 Å². The smallest absolute Gasteiger partial charge is 0.168 e. The van der Waals surface area contributed by atoms with Gasteiger partial charge in [0.1, 0.15) is 23.0 Å². The van der Waals surface area contributed by atoms with E-state index < -0.39 is 0 Å². The number of para-hydroxylation sites is 2. The van der Waals surface area contributed by atoms with Gasteiger partial charge in [0, 0.05) is 32.1 Å². The summed E-state index contributed by atoms with van der Waals surface area (Å²) in [6.07, 6.45) is 4.15. The lowest BCUT2D eigenvalue weighted by molar-refractivity contribution is -0.115. The van der Waals surface area contributed by atoms with Crippen molar-refractivity contribution in [1.29, 1.82) is 0 Å². The van der Waals surface area contributed by atoms with Crippen molar-refractivity contribution in [2.75, 3.05) is 7.11 Å². The first-order valence-electron chi connectivity index (χ1n) is 10.3. The normalized spacial score (nSPS) is 19.7. The standard InChI is InChI=1S/C23H24N2O5/c1-29-20-10-3-2-6-14(20)24-15-7-4-8-17(26)22(15)19(28)13-12-16-23-18(27)9-5-11-21(23)30-25-16/h2-3,6,10,28H,4-5,7-9,11-13H2,1H3/b22-19-,24-15?. The van der Waals surface area contributed by atoms with Crippen molar-refractivity contribution in [1.82, 2.24) is 5.16 Å². The van der Waals surface area contributed by atoms with E-state index in [0.717, 1.165) is 6.42 Å². The first-order valence-corrected chi connectivity index (χ1v) is 10.3. The Hall–Kier alpha value is -3.22. The highest BCUT2D eigenvalue weighted by molar-refractivity contribution is 6.24. The van der Waals surface area contributed by atoms with Gasteiger partial charge in [0.05, 0.1) is 29.7 Å². The zero-order valence-corrected chi connectivity index (χ0v) is 16.9. The van der Waals surface area contributed by atoms with E-state index in [1.54, 1.807) is 13.2 Å². The molecule has 2 aliphatic carbocycles. The Kier molecular flexibility index (Phi) is 5.79. The average Bonchev–Trinajstić information content (AvgIpc) is 3.17. The van der Waals surface area contributed by atoms with Gasteiger partial charge in [-0.2, -0.15) is 0 Å². The summed E-state index contributed by atoms with van der Waals surface area (Å²) < 4.78 is 10.7. The van der Waals surface area contributed by atoms with E-state index in [-0.39, 0.29) is 29.3 Å². The zero-order valence-electron chi connectivity index (χ0n) is 16.9. The van der Waals surface area contributed by atoms with Crippen LogP contribution >= 0.6 is 0 Å². The van der Waals surface area contributed by atoms with Gasteiger partial charge in [-0.05, 0) is 31.4 Å². The topological polar surface area (TPSA) is 102 Å². The number of allylic oxidation sites excluding steroid dienone is 2. The molecule has 7 heteroatoms. The fourth-order valence-electron chi connectivity index (χ4n) is 4.05. The Balaban J connectivity index is 1.62. The predicted octanol–water partition coefficient (Wildman–Crippen LogP) is 4.47. The molecule has 0 unspecified atom stereocenters. The van der Waals surface area contributed by atoms with E-state index in [9.17, 15) is 14.7 Å². The van der Waals surface area contributed by atoms with E-state index in [4.69, 9.17) is 9.26 Å². The molecular formula is C23H24N2O5. The lowest BCUT2D eigenvalue weighted by atomic mass is 9.88. The molecule has 2 aromatic rings. The SMILES string of the molecule is COc1ccccc1N=C1CCCC(=O)/C1=C(\O)CCc1noc2c1C(=O)CCC2. The number of aromatic nitrogens is 1. The molecule has 4 rings (SSSR count). The molecule has 1 aromatic heterocycles. The summed E-state index contributed by atoms with van der Waals surface area (Å²) in [5, 5.41) is 14.8. The number of rotatable bonds is 5. The number of Topliss-reactive ketones (excluding diaryl/α,β-unsaturated/α-hetero) is 2. The number of nitrogens with zero attached hydrogens (tertiary/aromatic N) is 2. The van der Waals surface area contributed by atoms with Crippen LogP contribution in [0.25, 0.3) is 0 Å². The van der Waals surface area contributed by atoms with Crippen molar-refractivity contribution < 1.29 is 24.0 Å². The number of methoxy groups -OCH3 is 1. The monoisotopic (exact) mass is 408 g/mol. The molecule has 0 aliphatic heterocycles. The summed E-state index contributed by atoms with van der Waals surface area (Å²) in [4.78, 5) is 29.5. The highest BCUT2D eigenvalue weighted by Gasteiger charge is 2.28. The number of ether oxygens (including phenoxy) is 1. The number of aliphatic hydroxyl groups excluding tert-OH is 1. The molecule has 1 N–H and O–H groups in total. The fourth-order valence-corrected chi connectivity index (χ4v) is 4.05. The molecule has 30 heavy (non-hydrogen) atoms. The van der Waals surface area contributed by atoms with Gasteiger partial charge in [-0.15, -0.1) is 0 Å². The first kappa shape index (κ1) is 20.1. The molecule has 0 radical (unpaired) electrons. The minimum Gasteiger partial charge on any atom is -0.511 e. The molecule has 0 saturated heterocycles. The molecule has 0 amide bonds. The molecule has 156 valence electrons. The number of carbonyl (C=O) groups excluding carboxylic acids is 2. The third-order valence-corrected chi connectivity index (χ3v) is 5.53. The van der Waals surface area contributed by atoms with Crippen LogP contribution in [0.15, 0.2) is 45.1 Å². The number of ketones is 2. The van der Waals surface area contributed by atoms with Crippen LogP contribution in [0, 0.1) is 0 Å². The Bertz CT molecular complexity index is 1050. The van der Waals surface area contributed by atoms with Crippen molar-refractivity contribution >= 4 is 23.0 Å². The van der Waals surface area contributed by atoms with Crippen molar-refractivity contribution in [2.45, 2.75) is 51.4 Å². The summed E-state index contributed by atoms with van der Waals surface area (Å²) in [6, 6.07) is 7.31. The molecule has 0 bridgehead atoms. The Labute approximate surface area is 174 Å². The van der Waals surface area contributed by atoms with Gasteiger partial charge in [-0.1, -0.05) is 17.3 Å². The third-order valence-electron chi connectivity index (χ3n) is 5.53. The lowest BCUT2D eigenvalue weighted by Gasteiger charge is -2.18. The highest BCUT2D eigenvalue weighted by atomic mass is 16.5. The maximum Gasteiger partial charge on any atom is 0.168 e. The van der Waals surface area contributed by atoms with Crippen LogP contribution in [-0.4, -0.2) is 34.7 Å². The van der Waals surface area contributed by atoms with Crippen LogP contribution in [-0.2, 0) is 17.6 Å². The van der Waals surface area contributed by atoms with Crippen molar-refractivity contribution in [2.24, 2.45) is 4.99 Å².